The zero-order valence-corrected chi connectivity index (χ0v) is 27.8. The Bertz CT molecular complexity index is 1290. The van der Waals surface area contributed by atoms with Gasteiger partial charge < -0.3 is 40.0 Å². The van der Waals surface area contributed by atoms with Gasteiger partial charge in [-0.05, 0) is 43.9 Å². The summed E-state index contributed by atoms with van der Waals surface area (Å²) >= 11 is 1.38. The van der Waals surface area contributed by atoms with Gasteiger partial charge in [0, 0.05) is 28.3 Å². The smallest absolute Gasteiger partial charge is 0.545 e. The molecule has 0 saturated carbocycles. The molecule has 2 amide bonds. The number of hydrogen-bond donors (Lipinski definition) is 3. The first-order valence-electron chi connectivity index (χ1n) is 14.1. The van der Waals surface area contributed by atoms with Crippen LogP contribution in [0.5, 0.6) is 0 Å². The quantitative estimate of drug-likeness (QED) is 0.102. The summed E-state index contributed by atoms with van der Waals surface area (Å²) in [5.41, 5.74) is 0.348. The van der Waals surface area contributed by atoms with Crippen LogP contribution >= 0.6 is 11.8 Å². The van der Waals surface area contributed by atoms with Crippen LogP contribution in [0.2, 0.25) is 0 Å². The molecule has 4 rings (SSSR count). The maximum absolute atomic E-state index is 13.3. The Morgan fingerprint density at radius 1 is 1.21 bits per heavy atom. The molecule has 3 aliphatic heterocycles. The van der Waals surface area contributed by atoms with Gasteiger partial charge in [0.15, 0.2) is 0 Å². The molecular formula is C29H36N3NaO9S. The summed E-state index contributed by atoms with van der Waals surface area (Å²) in [6.07, 6.45) is 0.692. The molecule has 228 valence electrons. The fraction of sp³-hybridized carbons (Fsp3) is 0.552. The third kappa shape index (κ3) is 7.46. The predicted molar refractivity (Wildman–Crippen MR) is 150 cm³/mol. The molecule has 1 aromatic rings. The van der Waals surface area contributed by atoms with Crippen molar-refractivity contribution in [2.75, 3.05) is 18.7 Å². The van der Waals surface area contributed by atoms with Crippen molar-refractivity contribution in [1.82, 2.24) is 10.2 Å². The second-order valence-corrected chi connectivity index (χ2v) is 12.1. The van der Waals surface area contributed by atoms with Gasteiger partial charge in [0.05, 0.1) is 36.0 Å². The van der Waals surface area contributed by atoms with Gasteiger partial charge in [-0.25, -0.2) is 4.79 Å². The Morgan fingerprint density at radius 3 is 2.53 bits per heavy atom. The van der Waals surface area contributed by atoms with Gasteiger partial charge in [-0.15, -0.1) is 11.8 Å². The van der Waals surface area contributed by atoms with Gasteiger partial charge in [0.25, 0.3) is 0 Å². The van der Waals surface area contributed by atoms with Crippen molar-refractivity contribution in [3.63, 3.8) is 0 Å². The predicted octanol–water partition coefficient (Wildman–Crippen LogP) is -1.99. The van der Waals surface area contributed by atoms with E-state index in [1.165, 1.54) is 34.9 Å². The summed E-state index contributed by atoms with van der Waals surface area (Å²) in [7, 11) is 0. The van der Waals surface area contributed by atoms with E-state index in [4.69, 9.17) is 9.47 Å². The standard InChI is InChI=1S/C29H37N3O9S.Na/c1-5-16(6-2)28(38)40-13-41-29(39)23-24(14(3)22-21(15(4)33)26(35)32(22)23)42-19-11-20(30-12-19)25(34)31-18-9-7-8-17(10-18)27(36)37;/h7-10,14-16,19-22,30,33H,5-6,11-13H2,1-4H3,(H,31,34)(H,36,37);/q;+1/p-1/t14-,15-,19+,20+,21-,22-;/m1./s1. The zero-order valence-electron chi connectivity index (χ0n) is 25.0. The van der Waals surface area contributed by atoms with E-state index in [0.29, 0.717) is 36.4 Å². The summed E-state index contributed by atoms with van der Waals surface area (Å²) in [6.45, 7) is 7.01. The maximum atomic E-state index is 13.3. The second kappa shape index (κ2) is 15.0. The largest absolute Gasteiger partial charge is 1.00 e. The number of carboxylic acid groups (broad SMARTS) is 1. The molecular weight excluding hydrogens is 589 g/mol. The van der Waals surface area contributed by atoms with Crippen LogP contribution in [-0.4, -0.2) is 76.5 Å². The van der Waals surface area contributed by atoms with Crippen molar-refractivity contribution < 1.29 is 73.2 Å². The van der Waals surface area contributed by atoms with E-state index in [1.807, 2.05) is 20.8 Å². The first-order valence-corrected chi connectivity index (χ1v) is 15.0. The van der Waals surface area contributed by atoms with Crippen LogP contribution in [0.1, 0.15) is 57.3 Å². The average molecular weight is 626 g/mol. The van der Waals surface area contributed by atoms with Crippen LogP contribution in [0.25, 0.3) is 0 Å². The number of β-lactam (4-membered cyclic amide) rings is 1. The summed E-state index contributed by atoms with van der Waals surface area (Å²) in [6, 6.07) is 4.79. The topological polar surface area (TPSA) is 174 Å². The van der Waals surface area contributed by atoms with Crippen LogP contribution < -0.4 is 45.3 Å². The molecule has 12 nitrogen and oxygen atoms in total. The number of aliphatic hydroxyl groups is 1. The number of carboxylic acids is 1. The number of nitrogens with zero attached hydrogens (tertiary/aromatic N) is 1. The molecule has 0 aliphatic carbocycles. The fourth-order valence-corrected chi connectivity index (χ4v) is 7.22. The fourth-order valence-electron chi connectivity index (χ4n) is 5.74. The first kappa shape index (κ1) is 35.1. The normalized spacial score (nSPS) is 25.0. The van der Waals surface area contributed by atoms with E-state index in [1.54, 1.807) is 13.0 Å². The number of amides is 2. The molecule has 43 heavy (non-hydrogen) atoms. The molecule has 1 aromatic carbocycles. The molecule has 0 radical (unpaired) electrons. The van der Waals surface area contributed by atoms with E-state index < -0.39 is 48.8 Å². The monoisotopic (exact) mass is 625 g/mol. The Kier molecular flexibility index (Phi) is 12.3. The summed E-state index contributed by atoms with van der Waals surface area (Å²) < 4.78 is 10.4. The zero-order chi connectivity index (χ0) is 30.7. The van der Waals surface area contributed by atoms with Crippen molar-refractivity contribution in [2.45, 2.75) is 70.4 Å². The first-order chi connectivity index (χ1) is 20.0. The molecule has 2 fully saturated rings. The van der Waals surface area contributed by atoms with Crippen molar-refractivity contribution in [1.29, 1.82) is 0 Å². The summed E-state index contributed by atoms with van der Waals surface area (Å²) in [4.78, 5) is 64.5. The van der Waals surface area contributed by atoms with Crippen molar-refractivity contribution in [3.8, 4) is 0 Å². The van der Waals surface area contributed by atoms with Gasteiger partial charge in [-0.2, -0.15) is 0 Å². The number of anilines is 1. The van der Waals surface area contributed by atoms with Crippen LogP contribution in [0, 0.1) is 17.8 Å². The Labute approximate surface area is 276 Å². The van der Waals surface area contributed by atoms with Crippen molar-refractivity contribution in [3.05, 3.63) is 40.4 Å². The molecule has 3 aliphatic rings. The minimum Gasteiger partial charge on any atom is -0.545 e. The molecule has 0 unspecified atom stereocenters. The number of ether oxygens (including phenoxy) is 2. The van der Waals surface area contributed by atoms with Gasteiger partial charge in [-0.1, -0.05) is 32.9 Å². The number of benzene rings is 1. The van der Waals surface area contributed by atoms with Crippen LogP contribution in [0.15, 0.2) is 34.9 Å². The second-order valence-electron chi connectivity index (χ2n) is 10.8. The number of hydrogen-bond acceptors (Lipinski definition) is 11. The van der Waals surface area contributed by atoms with E-state index in [9.17, 15) is 34.2 Å². The molecule has 6 atom stereocenters. The molecule has 14 heteroatoms. The Morgan fingerprint density at radius 2 is 1.91 bits per heavy atom. The third-order valence-electron chi connectivity index (χ3n) is 8.08. The van der Waals surface area contributed by atoms with Crippen LogP contribution in [0.4, 0.5) is 5.69 Å². The molecule has 2 saturated heterocycles. The van der Waals surface area contributed by atoms with E-state index >= 15 is 0 Å². The number of fused-ring (bicyclic) bond motifs is 1. The SMILES string of the molecule is CCC(CC)C(=O)OCOC(=O)C1=C(S[C@@H]2CN[C@H](C(=O)Nc3cccc(C(=O)[O-])c3)C2)[C@H](C)[C@@H]2[C@@H]([C@@H](C)O)C(=O)N12.[Na+]. The number of rotatable bonds is 12. The maximum Gasteiger partial charge on any atom is 1.00 e. The molecule has 0 bridgehead atoms. The number of aromatic carboxylic acids is 1. The number of nitrogens with one attached hydrogen (secondary N) is 2. The minimum absolute atomic E-state index is 0. The number of thioether (sulfide) groups is 1. The average Bonchev–Trinajstić information content (AvgIpc) is 3.51. The van der Waals surface area contributed by atoms with E-state index in [0.717, 1.165) is 0 Å². The molecule has 3 N–H and O–H groups in total. The van der Waals surface area contributed by atoms with Gasteiger partial charge in [0.1, 0.15) is 5.70 Å². The molecule has 3 heterocycles. The summed E-state index contributed by atoms with van der Waals surface area (Å²) in [5.74, 6) is -4.56. The van der Waals surface area contributed by atoms with Crippen molar-refractivity contribution in [2.24, 2.45) is 17.8 Å². The van der Waals surface area contributed by atoms with Crippen molar-refractivity contribution >= 4 is 47.2 Å². The third-order valence-corrected chi connectivity index (χ3v) is 9.59. The molecule has 0 spiro atoms. The number of aliphatic hydroxyl groups excluding tert-OH is 1. The Balaban J connectivity index is 0.00000506. The van der Waals surface area contributed by atoms with Gasteiger partial charge in [0.2, 0.25) is 18.6 Å². The number of esters is 2. The Hall–Kier alpha value is -2.42. The minimum atomic E-state index is -1.35. The summed E-state index contributed by atoms with van der Waals surface area (Å²) in [5, 5.41) is 27.1. The van der Waals surface area contributed by atoms with E-state index in [2.05, 4.69) is 10.6 Å². The van der Waals surface area contributed by atoms with Crippen LogP contribution in [-0.2, 0) is 28.7 Å². The molecule has 0 aromatic heterocycles. The van der Waals surface area contributed by atoms with E-state index in [-0.39, 0.29) is 69.7 Å². The van der Waals surface area contributed by atoms with Gasteiger partial charge in [-0.3, -0.25) is 14.4 Å². The number of carbonyl (C=O) groups is 5. The van der Waals surface area contributed by atoms with Gasteiger partial charge >= 0.3 is 41.5 Å². The van der Waals surface area contributed by atoms with Crippen LogP contribution in [0.3, 0.4) is 0 Å². The number of carbonyl (C=O) groups excluding carboxylic acids is 5.